The van der Waals surface area contributed by atoms with Gasteiger partial charge < -0.3 is 15.8 Å². The molecule has 2 rings (SSSR count). The van der Waals surface area contributed by atoms with E-state index in [4.69, 9.17) is 10.5 Å². The van der Waals surface area contributed by atoms with Crippen LogP contribution in [0.1, 0.15) is 25.0 Å². The molecule has 1 aliphatic heterocycles. The largest absolute Gasteiger partial charge is 0.380 e. The van der Waals surface area contributed by atoms with Crippen molar-refractivity contribution < 1.29 is 4.74 Å². The van der Waals surface area contributed by atoms with Crippen LogP contribution in [-0.2, 0) is 10.2 Å². The smallest absolute Gasteiger partial charge is 0.0569 e. The molecule has 1 heterocycles. The van der Waals surface area contributed by atoms with Crippen molar-refractivity contribution in [3.05, 3.63) is 35.4 Å². The quantitative estimate of drug-likeness (QED) is 0.822. The zero-order chi connectivity index (χ0) is 13.9. The van der Waals surface area contributed by atoms with E-state index < -0.39 is 0 Å². The van der Waals surface area contributed by atoms with Gasteiger partial charge in [-0.15, -0.1) is 0 Å². The Morgan fingerprint density at radius 1 is 1.32 bits per heavy atom. The highest BCUT2D eigenvalue weighted by Gasteiger charge is 2.37. The molecule has 0 atom stereocenters. The van der Waals surface area contributed by atoms with Crippen molar-refractivity contribution in [3.63, 3.8) is 0 Å². The molecule has 1 aliphatic rings. The minimum Gasteiger partial charge on any atom is -0.380 e. The number of hydrogen-bond donors (Lipinski definition) is 2. The minimum atomic E-state index is 0.131. The fourth-order valence-corrected chi connectivity index (χ4v) is 2.75. The first-order chi connectivity index (χ1) is 8.99. The summed E-state index contributed by atoms with van der Waals surface area (Å²) in [7, 11) is 0. The SMILES string of the molecule is Cc1ccccc1C(C)(C)CNCC1(CN)COC1. The number of rotatable bonds is 6. The zero-order valence-corrected chi connectivity index (χ0v) is 12.3. The summed E-state index contributed by atoms with van der Waals surface area (Å²) in [5.74, 6) is 0. The lowest BCUT2D eigenvalue weighted by Gasteiger charge is -2.41. The van der Waals surface area contributed by atoms with E-state index in [1.807, 2.05) is 0 Å². The predicted octanol–water partition coefficient (Wildman–Crippen LogP) is 1.84. The number of aryl methyl sites for hydroxylation is 1. The maximum absolute atomic E-state index is 5.83. The summed E-state index contributed by atoms with van der Waals surface area (Å²) in [4.78, 5) is 0. The van der Waals surface area contributed by atoms with E-state index in [9.17, 15) is 0 Å². The summed E-state index contributed by atoms with van der Waals surface area (Å²) in [5, 5.41) is 3.59. The summed E-state index contributed by atoms with van der Waals surface area (Å²) in [5.41, 5.74) is 8.90. The molecule has 0 unspecified atom stereocenters. The molecule has 3 N–H and O–H groups in total. The lowest BCUT2D eigenvalue weighted by atomic mass is 9.81. The van der Waals surface area contributed by atoms with Crippen LogP contribution >= 0.6 is 0 Å². The van der Waals surface area contributed by atoms with Crippen molar-refractivity contribution in [3.8, 4) is 0 Å². The van der Waals surface area contributed by atoms with Gasteiger partial charge in [0.05, 0.1) is 13.2 Å². The van der Waals surface area contributed by atoms with Crippen LogP contribution in [0.25, 0.3) is 0 Å². The Balaban J connectivity index is 1.93. The number of nitrogens with two attached hydrogens (primary N) is 1. The van der Waals surface area contributed by atoms with E-state index in [0.29, 0.717) is 6.54 Å². The molecule has 0 aromatic heterocycles. The fraction of sp³-hybridized carbons (Fsp3) is 0.625. The molecule has 0 saturated carbocycles. The number of ether oxygens (including phenoxy) is 1. The molecule has 1 aromatic rings. The highest BCUT2D eigenvalue weighted by molar-refractivity contribution is 5.32. The van der Waals surface area contributed by atoms with Crippen molar-refractivity contribution in [1.29, 1.82) is 0 Å². The van der Waals surface area contributed by atoms with E-state index >= 15 is 0 Å². The third-order valence-electron chi connectivity index (χ3n) is 4.19. The van der Waals surface area contributed by atoms with Gasteiger partial charge >= 0.3 is 0 Å². The van der Waals surface area contributed by atoms with E-state index in [0.717, 1.165) is 26.3 Å². The van der Waals surface area contributed by atoms with E-state index in [-0.39, 0.29) is 10.8 Å². The van der Waals surface area contributed by atoms with Crippen LogP contribution in [0.4, 0.5) is 0 Å². The first-order valence-corrected chi connectivity index (χ1v) is 7.04. The molecule has 0 amide bonds. The van der Waals surface area contributed by atoms with Gasteiger partial charge in [-0.1, -0.05) is 38.1 Å². The van der Waals surface area contributed by atoms with Gasteiger partial charge in [0.1, 0.15) is 0 Å². The highest BCUT2D eigenvalue weighted by atomic mass is 16.5. The Kier molecular flexibility index (Phi) is 4.29. The second-order valence-corrected chi connectivity index (χ2v) is 6.50. The standard InChI is InChI=1S/C16H26N2O/c1-13-6-4-5-7-14(13)15(2,3)9-18-10-16(8-17)11-19-12-16/h4-7,18H,8-12,17H2,1-3H3. The first kappa shape index (κ1) is 14.5. The van der Waals surface area contributed by atoms with Gasteiger partial charge in [-0.3, -0.25) is 0 Å². The van der Waals surface area contributed by atoms with Crippen molar-refractivity contribution in [2.75, 3.05) is 32.8 Å². The zero-order valence-electron chi connectivity index (χ0n) is 12.3. The molecular weight excluding hydrogens is 236 g/mol. The Labute approximate surface area is 116 Å². The summed E-state index contributed by atoms with van der Waals surface area (Å²) in [6, 6.07) is 8.61. The Bertz CT molecular complexity index is 419. The van der Waals surface area contributed by atoms with Gasteiger partial charge in [0.2, 0.25) is 0 Å². The summed E-state index contributed by atoms with van der Waals surface area (Å²) < 4.78 is 5.30. The van der Waals surface area contributed by atoms with E-state index in [2.05, 4.69) is 50.4 Å². The average molecular weight is 262 g/mol. The Morgan fingerprint density at radius 2 is 2.00 bits per heavy atom. The second-order valence-electron chi connectivity index (χ2n) is 6.50. The maximum atomic E-state index is 5.83. The lowest BCUT2D eigenvalue weighted by molar-refractivity contribution is -0.105. The summed E-state index contributed by atoms with van der Waals surface area (Å²) in [6.45, 7) is 10.9. The number of nitrogens with one attached hydrogen (secondary N) is 1. The molecular formula is C16H26N2O. The van der Waals surface area contributed by atoms with Crippen LogP contribution in [0, 0.1) is 12.3 Å². The van der Waals surface area contributed by atoms with Crippen LogP contribution in [0.3, 0.4) is 0 Å². The molecule has 0 aliphatic carbocycles. The van der Waals surface area contributed by atoms with Crippen molar-refractivity contribution >= 4 is 0 Å². The monoisotopic (exact) mass is 262 g/mol. The average Bonchev–Trinajstić information content (AvgIpc) is 2.33. The second kappa shape index (κ2) is 5.61. The van der Waals surface area contributed by atoms with Crippen LogP contribution in [0.2, 0.25) is 0 Å². The highest BCUT2D eigenvalue weighted by Crippen LogP contribution is 2.27. The molecule has 0 spiro atoms. The normalized spacial score (nSPS) is 18.1. The number of benzene rings is 1. The molecule has 1 aromatic carbocycles. The Morgan fingerprint density at radius 3 is 2.53 bits per heavy atom. The van der Waals surface area contributed by atoms with Crippen LogP contribution in [-0.4, -0.2) is 32.8 Å². The lowest BCUT2D eigenvalue weighted by Crippen LogP contribution is -2.55. The third-order valence-corrected chi connectivity index (χ3v) is 4.19. The van der Waals surface area contributed by atoms with Gasteiger partial charge in [-0.2, -0.15) is 0 Å². The van der Waals surface area contributed by atoms with Crippen LogP contribution < -0.4 is 11.1 Å². The summed E-state index contributed by atoms with van der Waals surface area (Å²) >= 11 is 0. The van der Waals surface area contributed by atoms with Gasteiger partial charge in [-0.25, -0.2) is 0 Å². The Hall–Kier alpha value is -0.900. The predicted molar refractivity (Wildman–Crippen MR) is 79.4 cm³/mol. The molecule has 3 nitrogen and oxygen atoms in total. The molecule has 19 heavy (non-hydrogen) atoms. The fourth-order valence-electron chi connectivity index (χ4n) is 2.75. The number of hydrogen-bond acceptors (Lipinski definition) is 3. The third kappa shape index (κ3) is 3.16. The maximum Gasteiger partial charge on any atom is 0.0569 e. The van der Waals surface area contributed by atoms with Gasteiger partial charge in [-0.05, 0) is 18.1 Å². The van der Waals surface area contributed by atoms with Crippen molar-refractivity contribution in [2.45, 2.75) is 26.2 Å². The van der Waals surface area contributed by atoms with Gasteiger partial charge in [0, 0.05) is 30.5 Å². The van der Waals surface area contributed by atoms with Crippen LogP contribution in [0.15, 0.2) is 24.3 Å². The topological polar surface area (TPSA) is 47.3 Å². The summed E-state index contributed by atoms with van der Waals surface area (Å²) in [6.07, 6.45) is 0. The minimum absolute atomic E-state index is 0.131. The van der Waals surface area contributed by atoms with Gasteiger partial charge in [0.25, 0.3) is 0 Å². The van der Waals surface area contributed by atoms with Crippen molar-refractivity contribution in [1.82, 2.24) is 5.32 Å². The molecule has 0 bridgehead atoms. The molecule has 0 radical (unpaired) electrons. The van der Waals surface area contributed by atoms with E-state index in [1.165, 1.54) is 11.1 Å². The molecule has 3 heteroatoms. The molecule has 1 saturated heterocycles. The first-order valence-electron chi connectivity index (χ1n) is 7.04. The van der Waals surface area contributed by atoms with E-state index in [1.54, 1.807) is 0 Å². The van der Waals surface area contributed by atoms with Crippen LogP contribution in [0.5, 0.6) is 0 Å². The van der Waals surface area contributed by atoms with Gasteiger partial charge in [0.15, 0.2) is 0 Å². The molecule has 1 fully saturated rings. The molecule has 106 valence electrons. The van der Waals surface area contributed by atoms with Crippen molar-refractivity contribution in [2.24, 2.45) is 11.1 Å².